The molecule has 0 saturated carbocycles. The predicted octanol–water partition coefficient (Wildman–Crippen LogP) is 5.89. The zero-order valence-corrected chi connectivity index (χ0v) is 24.8. The normalized spacial score (nSPS) is 12.0. The Kier molecular flexibility index (Phi) is 10.6. The molecule has 11 heteroatoms. The first-order valence-corrected chi connectivity index (χ1v) is 14.9. The molecule has 0 spiro atoms. The van der Waals surface area contributed by atoms with E-state index in [1.54, 1.807) is 25.1 Å². The summed E-state index contributed by atoms with van der Waals surface area (Å²) in [4.78, 5) is 28.1. The number of nitrogens with one attached hydrogen (secondary N) is 1. The molecule has 0 bridgehead atoms. The molecule has 0 fully saturated rings. The fourth-order valence-electron chi connectivity index (χ4n) is 3.68. The van der Waals surface area contributed by atoms with E-state index in [1.807, 2.05) is 31.2 Å². The molecule has 1 N–H and O–H groups in total. The molecule has 3 aromatic rings. The van der Waals surface area contributed by atoms with E-state index >= 15 is 0 Å². The smallest absolute Gasteiger partial charge is 0.264 e. The Morgan fingerprint density at radius 3 is 2.29 bits per heavy atom. The number of rotatable bonds is 11. The minimum Gasteiger partial charge on any atom is -0.354 e. The first kappa shape index (κ1) is 30.0. The second-order valence-electron chi connectivity index (χ2n) is 8.54. The lowest BCUT2D eigenvalue weighted by Crippen LogP contribution is -2.51. The van der Waals surface area contributed by atoms with E-state index in [1.165, 1.54) is 35.2 Å². The summed E-state index contributed by atoms with van der Waals surface area (Å²) in [5.74, 6) is -0.918. The van der Waals surface area contributed by atoms with Gasteiger partial charge in [-0.15, -0.1) is 0 Å². The summed E-state index contributed by atoms with van der Waals surface area (Å²) in [6.07, 6.45) is 0.732. The van der Waals surface area contributed by atoms with Crippen molar-refractivity contribution in [3.63, 3.8) is 0 Å². The van der Waals surface area contributed by atoms with Gasteiger partial charge in [-0.05, 0) is 61.4 Å². The standard InChI is InChI=1S/C27H28BrCl2N3O4S/c1-3-15-31-27(35)19(2)32(17-20-9-11-21(28)12-10-20)26(34)18-33(25-16-22(29)13-14-24(25)30)38(36,37)23-7-5-4-6-8-23/h4-14,16,19H,3,15,17-18H2,1-2H3,(H,31,35)/t19-/m1/s1. The van der Waals surface area contributed by atoms with E-state index in [4.69, 9.17) is 23.2 Å². The fourth-order valence-corrected chi connectivity index (χ4v) is 5.82. The van der Waals surface area contributed by atoms with Crippen LogP contribution in [0.4, 0.5) is 5.69 Å². The summed E-state index contributed by atoms with van der Waals surface area (Å²) in [7, 11) is -4.22. The highest BCUT2D eigenvalue weighted by Crippen LogP contribution is 2.33. The summed E-state index contributed by atoms with van der Waals surface area (Å²) in [5, 5.41) is 3.17. The van der Waals surface area contributed by atoms with Gasteiger partial charge in [0.2, 0.25) is 11.8 Å². The number of halogens is 3. The first-order valence-electron chi connectivity index (χ1n) is 11.9. The summed E-state index contributed by atoms with van der Waals surface area (Å²) < 4.78 is 29.3. The van der Waals surface area contributed by atoms with Gasteiger partial charge in [-0.3, -0.25) is 13.9 Å². The van der Waals surface area contributed by atoms with Gasteiger partial charge in [0.1, 0.15) is 12.6 Å². The van der Waals surface area contributed by atoms with Crippen LogP contribution in [0.1, 0.15) is 25.8 Å². The fraction of sp³-hybridized carbons (Fsp3) is 0.259. The van der Waals surface area contributed by atoms with Crippen molar-refractivity contribution in [1.82, 2.24) is 10.2 Å². The van der Waals surface area contributed by atoms with Crippen LogP contribution >= 0.6 is 39.1 Å². The van der Waals surface area contributed by atoms with Crippen molar-refractivity contribution in [3.05, 3.63) is 92.9 Å². The van der Waals surface area contributed by atoms with E-state index < -0.39 is 28.5 Å². The highest BCUT2D eigenvalue weighted by Gasteiger charge is 2.33. The Labute approximate surface area is 241 Å². The SMILES string of the molecule is CCCNC(=O)[C@@H](C)N(Cc1ccc(Br)cc1)C(=O)CN(c1cc(Cl)ccc1Cl)S(=O)(=O)c1ccccc1. The Hall–Kier alpha value is -2.59. The van der Waals surface area contributed by atoms with Crippen molar-refractivity contribution in [2.24, 2.45) is 0 Å². The molecule has 2 amide bonds. The van der Waals surface area contributed by atoms with Crippen LogP contribution in [-0.2, 0) is 26.2 Å². The van der Waals surface area contributed by atoms with Crippen LogP contribution in [0.15, 0.2) is 82.2 Å². The van der Waals surface area contributed by atoms with Crippen LogP contribution in [0, 0.1) is 0 Å². The maximum Gasteiger partial charge on any atom is 0.264 e. The Balaban J connectivity index is 2.04. The second kappa shape index (κ2) is 13.5. The molecule has 0 saturated heterocycles. The molecule has 0 aliphatic heterocycles. The van der Waals surface area contributed by atoms with Crippen molar-refractivity contribution in [1.29, 1.82) is 0 Å². The minimum atomic E-state index is -4.22. The third kappa shape index (κ3) is 7.50. The quantitative estimate of drug-likeness (QED) is 0.283. The highest BCUT2D eigenvalue weighted by molar-refractivity contribution is 9.10. The van der Waals surface area contributed by atoms with Gasteiger partial charge in [-0.2, -0.15) is 0 Å². The van der Waals surface area contributed by atoms with Gasteiger partial charge in [0, 0.05) is 22.6 Å². The van der Waals surface area contributed by atoms with E-state index in [0.717, 1.165) is 20.8 Å². The van der Waals surface area contributed by atoms with Crippen LogP contribution in [-0.4, -0.2) is 44.3 Å². The van der Waals surface area contributed by atoms with Crippen molar-refractivity contribution < 1.29 is 18.0 Å². The number of carbonyl (C=O) groups excluding carboxylic acids is 2. The van der Waals surface area contributed by atoms with Crippen LogP contribution < -0.4 is 9.62 Å². The molecular weight excluding hydrogens is 613 g/mol. The van der Waals surface area contributed by atoms with Gasteiger partial charge in [-0.25, -0.2) is 8.42 Å². The largest absolute Gasteiger partial charge is 0.354 e. The van der Waals surface area contributed by atoms with Crippen LogP contribution in [0.2, 0.25) is 10.0 Å². The maximum absolute atomic E-state index is 13.8. The summed E-state index contributed by atoms with van der Waals surface area (Å²) >= 11 is 16.0. The topological polar surface area (TPSA) is 86.8 Å². The van der Waals surface area contributed by atoms with E-state index in [0.29, 0.717) is 6.54 Å². The van der Waals surface area contributed by atoms with Gasteiger partial charge in [0.15, 0.2) is 0 Å². The van der Waals surface area contributed by atoms with Gasteiger partial charge in [0.05, 0.1) is 15.6 Å². The van der Waals surface area contributed by atoms with E-state index in [9.17, 15) is 18.0 Å². The first-order chi connectivity index (χ1) is 18.0. The Bertz CT molecular complexity index is 1370. The van der Waals surface area contributed by atoms with Crippen molar-refractivity contribution in [2.45, 2.75) is 37.8 Å². The summed E-state index contributed by atoms with van der Waals surface area (Å²) in [5.41, 5.74) is 0.831. The molecule has 202 valence electrons. The minimum absolute atomic E-state index is 0.0166. The highest BCUT2D eigenvalue weighted by atomic mass is 79.9. The van der Waals surface area contributed by atoms with Crippen molar-refractivity contribution in [2.75, 3.05) is 17.4 Å². The maximum atomic E-state index is 13.8. The number of amides is 2. The molecule has 3 rings (SSSR count). The zero-order chi connectivity index (χ0) is 27.9. The predicted molar refractivity (Wildman–Crippen MR) is 155 cm³/mol. The molecule has 38 heavy (non-hydrogen) atoms. The molecule has 0 radical (unpaired) electrons. The number of anilines is 1. The lowest BCUT2D eigenvalue weighted by Gasteiger charge is -2.32. The number of benzene rings is 3. The number of nitrogens with zero attached hydrogens (tertiary/aromatic N) is 2. The zero-order valence-electron chi connectivity index (χ0n) is 20.9. The molecule has 0 aliphatic carbocycles. The lowest BCUT2D eigenvalue weighted by atomic mass is 10.1. The Morgan fingerprint density at radius 1 is 1.00 bits per heavy atom. The summed E-state index contributed by atoms with van der Waals surface area (Å²) in [6, 6.07) is 18.6. The number of sulfonamides is 1. The third-order valence-electron chi connectivity index (χ3n) is 5.77. The monoisotopic (exact) mass is 639 g/mol. The number of hydrogen-bond donors (Lipinski definition) is 1. The van der Waals surface area contributed by atoms with Crippen molar-refractivity contribution in [3.8, 4) is 0 Å². The molecule has 0 aliphatic rings. The van der Waals surface area contributed by atoms with Crippen LogP contribution in [0.25, 0.3) is 0 Å². The molecule has 0 heterocycles. The number of carbonyl (C=O) groups is 2. The van der Waals surface area contributed by atoms with Crippen LogP contribution in [0.5, 0.6) is 0 Å². The van der Waals surface area contributed by atoms with Gasteiger partial charge in [-0.1, -0.05) is 76.4 Å². The van der Waals surface area contributed by atoms with Gasteiger partial charge in [0.25, 0.3) is 10.0 Å². The summed E-state index contributed by atoms with van der Waals surface area (Å²) in [6.45, 7) is 3.49. The van der Waals surface area contributed by atoms with Gasteiger partial charge < -0.3 is 10.2 Å². The lowest BCUT2D eigenvalue weighted by molar-refractivity contribution is -0.139. The molecular formula is C27H28BrCl2N3O4S. The van der Waals surface area contributed by atoms with E-state index in [-0.39, 0.29) is 33.1 Å². The molecule has 1 atom stereocenters. The van der Waals surface area contributed by atoms with Crippen LogP contribution in [0.3, 0.4) is 0 Å². The average molecular weight is 641 g/mol. The number of hydrogen-bond acceptors (Lipinski definition) is 4. The second-order valence-corrected chi connectivity index (χ2v) is 12.2. The molecule has 7 nitrogen and oxygen atoms in total. The van der Waals surface area contributed by atoms with Crippen molar-refractivity contribution >= 4 is 66.7 Å². The third-order valence-corrected chi connectivity index (χ3v) is 8.63. The average Bonchev–Trinajstić information content (AvgIpc) is 2.91. The molecule has 0 aromatic heterocycles. The van der Waals surface area contributed by atoms with E-state index in [2.05, 4.69) is 21.2 Å². The molecule has 3 aromatic carbocycles. The van der Waals surface area contributed by atoms with Gasteiger partial charge >= 0.3 is 0 Å². The Morgan fingerprint density at radius 2 is 1.66 bits per heavy atom. The molecule has 0 unspecified atom stereocenters.